The predicted molar refractivity (Wildman–Crippen MR) is 54.7 cm³/mol. The van der Waals surface area contributed by atoms with Gasteiger partial charge in [0.2, 0.25) is 0 Å². The average Bonchev–Trinajstić information content (AvgIpc) is 2.15. The van der Waals surface area contributed by atoms with Crippen molar-refractivity contribution in [2.45, 2.75) is 19.8 Å². The predicted octanol–water partition coefficient (Wildman–Crippen LogP) is 2.70. The monoisotopic (exact) mass is 249 g/mol. The van der Waals surface area contributed by atoms with Gasteiger partial charge in [-0.25, -0.2) is 13.8 Å². The van der Waals surface area contributed by atoms with Crippen molar-refractivity contribution in [3.8, 4) is 0 Å². The van der Waals surface area contributed by atoms with E-state index in [9.17, 15) is 13.6 Å². The number of pyridine rings is 1. The number of rotatable bonds is 3. The SMILES string of the molecule is COC(=O)Cc1nc(Cl)cc(C)c1C(F)F. The molecule has 16 heavy (non-hydrogen) atoms. The van der Waals surface area contributed by atoms with Gasteiger partial charge in [0, 0.05) is 5.56 Å². The van der Waals surface area contributed by atoms with Gasteiger partial charge in [-0.1, -0.05) is 11.6 Å². The summed E-state index contributed by atoms with van der Waals surface area (Å²) in [7, 11) is 1.18. The molecule has 0 radical (unpaired) electrons. The minimum Gasteiger partial charge on any atom is -0.469 e. The summed E-state index contributed by atoms with van der Waals surface area (Å²) < 4.78 is 29.9. The van der Waals surface area contributed by atoms with Crippen LogP contribution in [-0.2, 0) is 16.0 Å². The van der Waals surface area contributed by atoms with Crippen LogP contribution in [0.25, 0.3) is 0 Å². The molecule has 1 aromatic rings. The number of ether oxygens (including phenoxy) is 1. The van der Waals surface area contributed by atoms with Crippen molar-refractivity contribution in [1.82, 2.24) is 4.98 Å². The summed E-state index contributed by atoms with van der Waals surface area (Å²) in [5.41, 5.74) is 0.0237. The lowest BCUT2D eigenvalue weighted by Crippen LogP contribution is -2.10. The number of hydrogen-bond donors (Lipinski definition) is 0. The highest BCUT2D eigenvalue weighted by Crippen LogP contribution is 2.27. The van der Waals surface area contributed by atoms with Gasteiger partial charge in [0.05, 0.1) is 19.2 Å². The average molecular weight is 250 g/mol. The van der Waals surface area contributed by atoms with Crippen molar-refractivity contribution < 1.29 is 18.3 Å². The van der Waals surface area contributed by atoms with Crippen LogP contribution < -0.4 is 0 Å². The van der Waals surface area contributed by atoms with Crippen molar-refractivity contribution >= 4 is 17.6 Å². The minimum atomic E-state index is -2.69. The Balaban J connectivity index is 3.18. The molecule has 6 heteroatoms. The van der Waals surface area contributed by atoms with Gasteiger partial charge in [-0.2, -0.15) is 0 Å². The first-order chi connectivity index (χ1) is 7.45. The summed E-state index contributed by atoms with van der Waals surface area (Å²) in [6.45, 7) is 1.50. The van der Waals surface area contributed by atoms with Gasteiger partial charge in [0.1, 0.15) is 5.15 Å². The minimum absolute atomic E-state index is 0.0353. The maximum absolute atomic E-state index is 12.7. The maximum Gasteiger partial charge on any atom is 0.311 e. The Bertz CT molecular complexity index is 410. The van der Waals surface area contributed by atoms with Crippen LogP contribution in [-0.4, -0.2) is 18.1 Å². The van der Waals surface area contributed by atoms with Crippen LogP contribution in [0.5, 0.6) is 0 Å². The van der Waals surface area contributed by atoms with Crippen LogP contribution in [0.4, 0.5) is 8.78 Å². The van der Waals surface area contributed by atoms with E-state index in [-0.39, 0.29) is 22.8 Å². The Morgan fingerprint density at radius 2 is 2.25 bits per heavy atom. The van der Waals surface area contributed by atoms with Crippen molar-refractivity contribution in [1.29, 1.82) is 0 Å². The number of methoxy groups -OCH3 is 1. The van der Waals surface area contributed by atoms with E-state index in [1.165, 1.54) is 20.1 Å². The Morgan fingerprint density at radius 1 is 1.62 bits per heavy atom. The van der Waals surface area contributed by atoms with Crippen molar-refractivity contribution in [2.75, 3.05) is 7.11 Å². The van der Waals surface area contributed by atoms with Gasteiger partial charge in [0.15, 0.2) is 0 Å². The molecule has 0 aliphatic carbocycles. The first-order valence-electron chi connectivity index (χ1n) is 4.46. The second-order valence-electron chi connectivity index (χ2n) is 3.18. The van der Waals surface area contributed by atoms with E-state index >= 15 is 0 Å². The molecule has 3 nitrogen and oxygen atoms in total. The van der Waals surface area contributed by atoms with Crippen LogP contribution in [0.15, 0.2) is 6.07 Å². The maximum atomic E-state index is 12.7. The lowest BCUT2D eigenvalue weighted by Gasteiger charge is -2.10. The number of halogens is 3. The Kier molecular flexibility index (Phi) is 4.18. The fraction of sp³-hybridized carbons (Fsp3) is 0.400. The summed E-state index contributed by atoms with van der Waals surface area (Å²) in [4.78, 5) is 14.8. The molecule has 0 bridgehead atoms. The topological polar surface area (TPSA) is 39.2 Å². The molecule has 0 aromatic carbocycles. The number of hydrogen-bond acceptors (Lipinski definition) is 3. The van der Waals surface area contributed by atoms with Crippen molar-refractivity contribution in [2.24, 2.45) is 0 Å². The second kappa shape index (κ2) is 5.21. The number of aryl methyl sites for hydroxylation is 1. The molecular formula is C10H10ClF2NO2. The molecule has 0 N–H and O–H groups in total. The third kappa shape index (κ3) is 2.88. The Hall–Kier alpha value is -1.23. The summed E-state index contributed by atoms with van der Waals surface area (Å²) in [6, 6.07) is 1.34. The zero-order valence-electron chi connectivity index (χ0n) is 8.76. The van der Waals surface area contributed by atoms with E-state index in [2.05, 4.69) is 9.72 Å². The third-order valence-electron chi connectivity index (χ3n) is 2.07. The van der Waals surface area contributed by atoms with Crippen LogP contribution >= 0.6 is 11.6 Å². The van der Waals surface area contributed by atoms with Gasteiger partial charge in [-0.05, 0) is 18.6 Å². The molecule has 0 aliphatic rings. The van der Waals surface area contributed by atoms with Crippen molar-refractivity contribution in [3.63, 3.8) is 0 Å². The molecule has 0 spiro atoms. The number of alkyl halides is 2. The highest BCUT2D eigenvalue weighted by atomic mass is 35.5. The van der Waals surface area contributed by atoms with Crippen LogP contribution in [0.2, 0.25) is 5.15 Å². The molecular weight excluding hydrogens is 240 g/mol. The largest absolute Gasteiger partial charge is 0.469 e. The summed E-state index contributed by atoms with van der Waals surface area (Å²) in [6.07, 6.45) is -3.00. The van der Waals surface area contributed by atoms with E-state index in [0.29, 0.717) is 5.56 Å². The van der Waals surface area contributed by atoms with Crippen LogP contribution in [0.1, 0.15) is 23.2 Å². The van der Waals surface area contributed by atoms with E-state index in [4.69, 9.17) is 11.6 Å². The molecule has 0 aliphatic heterocycles. The van der Waals surface area contributed by atoms with Gasteiger partial charge in [0.25, 0.3) is 6.43 Å². The Morgan fingerprint density at radius 3 is 2.75 bits per heavy atom. The summed E-state index contributed by atoms with van der Waals surface area (Å²) in [5.74, 6) is -0.629. The molecule has 1 aromatic heterocycles. The molecule has 0 fully saturated rings. The summed E-state index contributed by atoms with van der Waals surface area (Å²) in [5, 5.41) is 0.0841. The molecule has 0 saturated carbocycles. The quantitative estimate of drug-likeness (QED) is 0.611. The number of nitrogens with zero attached hydrogens (tertiary/aromatic N) is 1. The van der Waals surface area contributed by atoms with Gasteiger partial charge in [-0.3, -0.25) is 4.79 Å². The van der Waals surface area contributed by atoms with Gasteiger partial charge < -0.3 is 4.74 Å². The number of esters is 1. The van der Waals surface area contributed by atoms with E-state index in [1.54, 1.807) is 0 Å². The third-order valence-corrected chi connectivity index (χ3v) is 2.26. The lowest BCUT2D eigenvalue weighted by atomic mass is 10.1. The fourth-order valence-corrected chi connectivity index (χ4v) is 1.61. The van der Waals surface area contributed by atoms with Gasteiger partial charge >= 0.3 is 5.97 Å². The first kappa shape index (κ1) is 12.8. The molecule has 0 atom stereocenters. The highest BCUT2D eigenvalue weighted by Gasteiger charge is 2.20. The number of carbonyl (C=O) groups excluding carboxylic acids is 1. The van der Waals surface area contributed by atoms with Crippen LogP contribution in [0, 0.1) is 6.92 Å². The number of carbonyl (C=O) groups is 1. The molecule has 0 unspecified atom stereocenters. The smallest absolute Gasteiger partial charge is 0.311 e. The first-order valence-corrected chi connectivity index (χ1v) is 4.84. The van der Waals surface area contributed by atoms with Crippen LogP contribution in [0.3, 0.4) is 0 Å². The molecule has 1 heterocycles. The Labute approximate surface area is 96.4 Å². The molecule has 1 rings (SSSR count). The summed E-state index contributed by atoms with van der Waals surface area (Å²) >= 11 is 5.65. The molecule has 0 saturated heterocycles. The zero-order chi connectivity index (χ0) is 12.3. The highest BCUT2D eigenvalue weighted by molar-refractivity contribution is 6.29. The number of aromatic nitrogens is 1. The normalized spacial score (nSPS) is 10.6. The van der Waals surface area contributed by atoms with E-state index in [1.807, 2.05) is 0 Å². The molecule has 88 valence electrons. The standard InChI is InChI=1S/C10H10ClF2NO2/c1-5-3-7(11)14-6(4-8(15)16-2)9(5)10(12)13/h3,10H,4H2,1-2H3. The van der Waals surface area contributed by atoms with Gasteiger partial charge in [-0.15, -0.1) is 0 Å². The fourth-order valence-electron chi connectivity index (χ4n) is 1.35. The second-order valence-corrected chi connectivity index (χ2v) is 3.56. The lowest BCUT2D eigenvalue weighted by molar-refractivity contribution is -0.139. The van der Waals surface area contributed by atoms with Crippen molar-refractivity contribution in [3.05, 3.63) is 28.0 Å². The zero-order valence-corrected chi connectivity index (χ0v) is 9.52. The molecule has 0 amide bonds. The van der Waals surface area contributed by atoms with E-state index < -0.39 is 12.4 Å². The van der Waals surface area contributed by atoms with E-state index in [0.717, 1.165) is 0 Å².